The lowest BCUT2D eigenvalue weighted by molar-refractivity contribution is 0.0953. The van der Waals surface area contributed by atoms with Crippen LogP contribution in [0, 0.1) is 5.41 Å². The van der Waals surface area contributed by atoms with Crippen LogP contribution in [0.25, 0.3) is 15.7 Å². The number of nitrogens with zero attached hydrogens (tertiary/aromatic N) is 2. The van der Waals surface area contributed by atoms with Gasteiger partial charge in [-0.3, -0.25) is 9.79 Å². The van der Waals surface area contributed by atoms with E-state index in [1.54, 1.807) is 0 Å². The summed E-state index contributed by atoms with van der Waals surface area (Å²) in [5.74, 6) is 0.885. The van der Waals surface area contributed by atoms with E-state index < -0.39 is 0 Å². The number of carbonyl (C=O) groups excluding carboxylic acids is 1. The van der Waals surface area contributed by atoms with Crippen molar-refractivity contribution in [3.05, 3.63) is 65.7 Å². The summed E-state index contributed by atoms with van der Waals surface area (Å²) < 4.78 is 5.66. The van der Waals surface area contributed by atoms with E-state index in [-0.39, 0.29) is 11.3 Å². The molecule has 0 aliphatic carbocycles. The first-order valence-electron chi connectivity index (χ1n) is 11.1. The molecule has 0 atom stereocenters. The summed E-state index contributed by atoms with van der Waals surface area (Å²) in [4.78, 5) is 17.4. The summed E-state index contributed by atoms with van der Waals surface area (Å²) in [6, 6.07) is 16.1. The molecule has 0 spiro atoms. The summed E-state index contributed by atoms with van der Waals surface area (Å²) in [6.45, 7) is 8.72. The zero-order valence-corrected chi connectivity index (χ0v) is 19.8. The smallest absolute Gasteiger partial charge is 0.251 e. The van der Waals surface area contributed by atoms with Crippen molar-refractivity contribution in [2.24, 2.45) is 10.4 Å². The van der Waals surface area contributed by atoms with E-state index in [1.165, 1.54) is 21.8 Å². The fourth-order valence-electron chi connectivity index (χ4n) is 3.73. The number of hydrogen-bond acceptors (Lipinski definition) is 5. The van der Waals surface area contributed by atoms with Crippen LogP contribution < -0.4 is 10.6 Å². The number of allylic oxidation sites excluding steroid dienone is 1. The van der Waals surface area contributed by atoms with Crippen LogP contribution in [0.1, 0.15) is 49.5 Å². The average Bonchev–Trinajstić information content (AvgIpc) is 3.21. The second-order valence-electron chi connectivity index (χ2n) is 9.08. The second kappa shape index (κ2) is 9.65. The maximum atomic E-state index is 12.7. The van der Waals surface area contributed by atoms with E-state index in [0.717, 1.165) is 48.4 Å². The number of nitrogens with one attached hydrogen (secondary N) is 2. The van der Waals surface area contributed by atoms with Crippen molar-refractivity contribution in [3.8, 4) is 0 Å². The Hall–Kier alpha value is -2.99. The van der Waals surface area contributed by atoms with Crippen LogP contribution in [0.2, 0.25) is 0 Å². The van der Waals surface area contributed by atoms with Gasteiger partial charge in [-0.2, -0.15) is 4.37 Å². The van der Waals surface area contributed by atoms with Crippen LogP contribution in [0.4, 0.5) is 5.82 Å². The zero-order chi connectivity index (χ0) is 22.6. The number of fused-ring (bicyclic) bond motifs is 1. The number of rotatable bonds is 7. The lowest BCUT2D eigenvalue weighted by atomic mass is 9.85. The molecular formula is C26H30N4OS. The molecule has 3 aromatic rings. The molecule has 0 saturated heterocycles. The molecule has 0 radical (unpaired) electrons. The number of amides is 1. The summed E-state index contributed by atoms with van der Waals surface area (Å²) in [5, 5.41) is 7.57. The van der Waals surface area contributed by atoms with E-state index in [0.29, 0.717) is 12.1 Å². The molecule has 0 bridgehead atoms. The molecule has 2 heterocycles. The lowest BCUT2D eigenvalue weighted by Crippen LogP contribution is -2.26. The van der Waals surface area contributed by atoms with Crippen LogP contribution in [0.15, 0.2) is 59.6 Å². The molecule has 4 rings (SSSR count). The Labute approximate surface area is 193 Å². The van der Waals surface area contributed by atoms with E-state index in [2.05, 4.69) is 65.0 Å². The summed E-state index contributed by atoms with van der Waals surface area (Å²) in [5.41, 5.74) is 4.20. The van der Waals surface area contributed by atoms with Crippen LogP contribution in [-0.2, 0) is 0 Å². The van der Waals surface area contributed by atoms with Gasteiger partial charge in [0.15, 0.2) is 0 Å². The highest BCUT2D eigenvalue weighted by molar-refractivity contribution is 7.13. The van der Waals surface area contributed by atoms with Crippen LogP contribution in [-0.4, -0.2) is 35.6 Å². The lowest BCUT2D eigenvalue weighted by Gasteiger charge is -2.23. The average molecular weight is 447 g/mol. The number of dihydropyridines is 1. The Kier molecular flexibility index (Phi) is 6.70. The minimum atomic E-state index is -0.0351. The minimum absolute atomic E-state index is 0.0273. The van der Waals surface area contributed by atoms with Gasteiger partial charge in [-0.1, -0.05) is 45.0 Å². The summed E-state index contributed by atoms with van der Waals surface area (Å²) in [6.07, 6.45) is 3.92. The first kappa shape index (κ1) is 22.2. The molecule has 1 aliphatic rings. The molecule has 6 heteroatoms. The Balaban J connectivity index is 1.30. The Bertz CT molecular complexity index is 1170. The quantitative estimate of drug-likeness (QED) is 0.451. The number of aliphatic imine (C=N–C) groups is 1. The third-order valence-corrected chi connectivity index (χ3v) is 6.37. The van der Waals surface area contributed by atoms with Gasteiger partial charge >= 0.3 is 0 Å². The van der Waals surface area contributed by atoms with Gasteiger partial charge in [0.05, 0.1) is 4.70 Å². The monoisotopic (exact) mass is 446 g/mol. The van der Waals surface area contributed by atoms with Gasteiger partial charge in [0.25, 0.3) is 5.91 Å². The van der Waals surface area contributed by atoms with E-state index >= 15 is 0 Å². The van der Waals surface area contributed by atoms with E-state index in [9.17, 15) is 4.79 Å². The molecule has 32 heavy (non-hydrogen) atoms. The molecule has 0 fully saturated rings. The second-order valence-corrected chi connectivity index (χ2v) is 9.89. The third kappa shape index (κ3) is 5.25. The normalized spacial score (nSPS) is 14.1. The number of benzene rings is 2. The highest BCUT2D eigenvalue weighted by Gasteiger charge is 2.20. The highest BCUT2D eigenvalue weighted by atomic mass is 32.1. The number of hydrogen-bond donors (Lipinski definition) is 2. The standard InChI is InChI=1S/C26H30N4OS/c1-26(2,3)23-17-19(12-15-27-23)18-8-6-9-20(16-18)25(31)29-14-7-13-28-24-21-10-4-5-11-22(21)32-30-24/h4-6,8-11,16-17H,7,12-15H2,1-3H3,(H,28,30)(H,29,31). The molecular weight excluding hydrogens is 416 g/mol. The van der Waals surface area contributed by atoms with E-state index in [1.807, 2.05) is 30.3 Å². The SMILES string of the molecule is CC(C)(C)C1=NCCC(c2cccc(C(=O)NCCCNc3nsc4ccccc34)c2)=C1. The first-order chi connectivity index (χ1) is 15.4. The molecule has 1 aliphatic heterocycles. The Morgan fingerprint density at radius 3 is 2.78 bits per heavy atom. The molecule has 2 aromatic carbocycles. The largest absolute Gasteiger partial charge is 0.369 e. The van der Waals surface area contributed by atoms with Crippen molar-refractivity contribution in [2.75, 3.05) is 25.0 Å². The van der Waals surface area contributed by atoms with Gasteiger partial charge in [-0.25, -0.2) is 0 Å². The summed E-state index contributed by atoms with van der Waals surface area (Å²) >= 11 is 1.50. The summed E-state index contributed by atoms with van der Waals surface area (Å²) in [7, 11) is 0. The molecule has 5 nitrogen and oxygen atoms in total. The van der Waals surface area contributed by atoms with Crippen molar-refractivity contribution in [1.29, 1.82) is 0 Å². The maximum Gasteiger partial charge on any atom is 0.251 e. The fraction of sp³-hybridized carbons (Fsp3) is 0.346. The van der Waals surface area contributed by atoms with Crippen LogP contribution in [0.5, 0.6) is 0 Å². The minimum Gasteiger partial charge on any atom is -0.369 e. The number of aromatic nitrogens is 1. The molecule has 0 unspecified atom stereocenters. The van der Waals surface area contributed by atoms with Crippen LogP contribution in [0.3, 0.4) is 0 Å². The number of carbonyl (C=O) groups is 1. The molecule has 0 saturated carbocycles. The predicted octanol–water partition coefficient (Wildman–Crippen LogP) is 5.80. The zero-order valence-electron chi connectivity index (χ0n) is 18.9. The van der Waals surface area contributed by atoms with Gasteiger partial charge in [0.2, 0.25) is 0 Å². The highest BCUT2D eigenvalue weighted by Crippen LogP contribution is 2.28. The Morgan fingerprint density at radius 1 is 1.09 bits per heavy atom. The van der Waals surface area contributed by atoms with Gasteiger partial charge in [0, 0.05) is 41.7 Å². The van der Waals surface area contributed by atoms with Gasteiger partial charge in [-0.15, -0.1) is 0 Å². The van der Waals surface area contributed by atoms with Crippen molar-refractivity contribution >= 4 is 44.6 Å². The predicted molar refractivity (Wildman–Crippen MR) is 136 cm³/mol. The maximum absolute atomic E-state index is 12.7. The van der Waals surface area contributed by atoms with Gasteiger partial charge in [-0.05, 0) is 65.9 Å². The van der Waals surface area contributed by atoms with E-state index in [4.69, 9.17) is 0 Å². The molecule has 1 aromatic heterocycles. The topological polar surface area (TPSA) is 66.4 Å². The Morgan fingerprint density at radius 2 is 1.94 bits per heavy atom. The molecule has 2 N–H and O–H groups in total. The van der Waals surface area contributed by atoms with Crippen molar-refractivity contribution in [3.63, 3.8) is 0 Å². The van der Waals surface area contributed by atoms with Crippen molar-refractivity contribution < 1.29 is 4.79 Å². The molecule has 166 valence electrons. The van der Waals surface area contributed by atoms with Crippen molar-refractivity contribution in [2.45, 2.75) is 33.6 Å². The van der Waals surface area contributed by atoms with Crippen LogP contribution >= 0.6 is 11.5 Å². The first-order valence-corrected chi connectivity index (χ1v) is 11.9. The fourth-order valence-corrected chi connectivity index (χ4v) is 4.49. The van der Waals surface area contributed by atoms with Crippen molar-refractivity contribution in [1.82, 2.24) is 9.69 Å². The third-order valence-electron chi connectivity index (χ3n) is 5.55. The molecule has 1 amide bonds. The number of anilines is 1. The van der Waals surface area contributed by atoms with Gasteiger partial charge in [0.1, 0.15) is 5.82 Å². The van der Waals surface area contributed by atoms with Gasteiger partial charge < -0.3 is 10.6 Å².